The minimum Gasteiger partial charge on any atom is -0.494 e. The van der Waals surface area contributed by atoms with Crippen LogP contribution in [-0.4, -0.2) is 43.4 Å². The van der Waals surface area contributed by atoms with E-state index < -0.39 is 9.84 Å². The first-order valence-electron chi connectivity index (χ1n) is 10.8. The van der Waals surface area contributed by atoms with E-state index in [1.54, 1.807) is 17.0 Å². The lowest BCUT2D eigenvalue weighted by Crippen LogP contribution is -2.40. The van der Waals surface area contributed by atoms with Crippen molar-refractivity contribution >= 4 is 15.7 Å². The zero-order chi connectivity index (χ0) is 21.4. The molecule has 1 saturated heterocycles. The SMILES string of the molecule is CCCCCCOc1ccc(C(=O)N(Cc2ccccc2)[C@@H]2CCS(=O)(=O)C2)cc1. The molecular weight excluding hydrogens is 398 g/mol. The van der Waals surface area contributed by atoms with Crippen LogP contribution >= 0.6 is 0 Å². The highest BCUT2D eigenvalue weighted by Gasteiger charge is 2.35. The second-order valence-electron chi connectivity index (χ2n) is 7.91. The second kappa shape index (κ2) is 10.6. The smallest absolute Gasteiger partial charge is 0.254 e. The molecule has 162 valence electrons. The van der Waals surface area contributed by atoms with E-state index >= 15 is 0 Å². The summed E-state index contributed by atoms with van der Waals surface area (Å²) in [5, 5.41) is 0. The number of amides is 1. The van der Waals surface area contributed by atoms with Crippen LogP contribution in [0.2, 0.25) is 0 Å². The summed E-state index contributed by atoms with van der Waals surface area (Å²) in [6, 6.07) is 16.6. The first-order valence-corrected chi connectivity index (χ1v) is 12.6. The predicted molar refractivity (Wildman–Crippen MR) is 119 cm³/mol. The highest BCUT2D eigenvalue weighted by Crippen LogP contribution is 2.23. The number of ether oxygens (including phenoxy) is 1. The van der Waals surface area contributed by atoms with E-state index in [0.717, 1.165) is 24.2 Å². The molecule has 1 atom stereocenters. The summed E-state index contributed by atoms with van der Waals surface area (Å²) in [6.45, 7) is 3.25. The Balaban J connectivity index is 1.69. The first kappa shape index (κ1) is 22.3. The molecule has 1 amide bonds. The summed E-state index contributed by atoms with van der Waals surface area (Å²) < 4.78 is 29.8. The third kappa shape index (κ3) is 6.33. The average molecular weight is 430 g/mol. The van der Waals surface area contributed by atoms with E-state index in [2.05, 4.69) is 6.92 Å². The molecule has 0 bridgehead atoms. The van der Waals surface area contributed by atoms with Gasteiger partial charge in [-0.05, 0) is 42.7 Å². The van der Waals surface area contributed by atoms with Crippen molar-refractivity contribution in [3.8, 4) is 5.75 Å². The number of unbranched alkanes of at least 4 members (excludes halogenated alkanes) is 3. The summed E-state index contributed by atoms with van der Waals surface area (Å²) in [5.74, 6) is 0.780. The average Bonchev–Trinajstić information content (AvgIpc) is 3.12. The minimum absolute atomic E-state index is 0.0323. The van der Waals surface area contributed by atoms with Crippen LogP contribution < -0.4 is 4.74 Å². The highest BCUT2D eigenvalue weighted by molar-refractivity contribution is 7.91. The summed E-state index contributed by atoms with van der Waals surface area (Å²) in [5.41, 5.74) is 1.54. The van der Waals surface area contributed by atoms with Gasteiger partial charge in [-0.1, -0.05) is 56.5 Å². The molecule has 1 aliphatic rings. The molecule has 0 saturated carbocycles. The number of hydrogen-bond donors (Lipinski definition) is 0. The fourth-order valence-electron chi connectivity index (χ4n) is 3.75. The normalized spacial score (nSPS) is 17.6. The quantitative estimate of drug-likeness (QED) is 0.523. The van der Waals surface area contributed by atoms with Crippen LogP contribution in [0.3, 0.4) is 0 Å². The molecule has 30 heavy (non-hydrogen) atoms. The van der Waals surface area contributed by atoms with Gasteiger partial charge >= 0.3 is 0 Å². The van der Waals surface area contributed by atoms with Crippen molar-refractivity contribution in [3.05, 3.63) is 65.7 Å². The van der Waals surface area contributed by atoms with Crippen molar-refractivity contribution in [2.24, 2.45) is 0 Å². The van der Waals surface area contributed by atoms with Gasteiger partial charge in [0.1, 0.15) is 5.75 Å². The molecule has 0 aromatic heterocycles. The Bertz CT molecular complexity index is 910. The van der Waals surface area contributed by atoms with Gasteiger partial charge in [-0.25, -0.2) is 8.42 Å². The van der Waals surface area contributed by atoms with Crippen molar-refractivity contribution in [3.63, 3.8) is 0 Å². The molecule has 2 aromatic carbocycles. The van der Waals surface area contributed by atoms with Crippen LogP contribution in [0.4, 0.5) is 0 Å². The van der Waals surface area contributed by atoms with Gasteiger partial charge in [0.05, 0.1) is 18.1 Å². The van der Waals surface area contributed by atoms with Crippen molar-refractivity contribution in [2.75, 3.05) is 18.1 Å². The van der Waals surface area contributed by atoms with Gasteiger partial charge in [0.2, 0.25) is 0 Å². The summed E-state index contributed by atoms with van der Waals surface area (Å²) in [6.07, 6.45) is 5.07. The standard InChI is InChI=1S/C24H31NO4S/c1-2-3-4-8-16-29-23-13-11-21(12-14-23)24(26)25(18-20-9-6-5-7-10-20)22-15-17-30(27,28)19-22/h5-7,9-14,22H,2-4,8,15-19H2,1H3/t22-/m1/s1. The number of benzene rings is 2. The molecule has 0 spiro atoms. The van der Waals surface area contributed by atoms with E-state index in [0.29, 0.717) is 25.1 Å². The molecule has 2 aromatic rings. The molecule has 1 aliphatic heterocycles. The van der Waals surface area contributed by atoms with Crippen LogP contribution in [0.1, 0.15) is 54.9 Å². The second-order valence-corrected chi connectivity index (χ2v) is 10.1. The summed E-state index contributed by atoms with van der Waals surface area (Å²) >= 11 is 0. The Morgan fingerprint density at radius 2 is 1.77 bits per heavy atom. The summed E-state index contributed by atoms with van der Waals surface area (Å²) in [7, 11) is -3.09. The van der Waals surface area contributed by atoms with E-state index in [4.69, 9.17) is 4.74 Å². The monoisotopic (exact) mass is 429 g/mol. The highest BCUT2D eigenvalue weighted by atomic mass is 32.2. The van der Waals surface area contributed by atoms with Crippen molar-refractivity contribution < 1.29 is 17.9 Å². The van der Waals surface area contributed by atoms with Gasteiger partial charge in [-0.2, -0.15) is 0 Å². The number of rotatable bonds is 10. The van der Waals surface area contributed by atoms with Crippen molar-refractivity contribution in [1.29, 1.82) is 0 Å². The zero-order valence-electron chi connectivity index (χ0n) is 17.6. The van der Waals surface area contributed by atoms with Gasteiger partial charge in [-0.3, -0.25) is 4.79 Å². The number of carbonyl (C=O) groups is 1. The van der Waals surface area contributed by atoms with Crippen LogP contribution in [0.25, 0.3) is 0 Å². The molecule has 3 rings (SSSR count). The molecule has 0 unspecified atom stereocenters. The Kier molecular flexibility index (Phi) is 7.91. The maximum atomic E-state index is 13.3. The maximum Gasteiger partial charge on any atom is 0.254 e. The molecule has 6 heteroatoms. The number of sulfone groups is 1. The Hall–Kier alpha value is -2.34. The maximum absolute atomic E-state index is 13.3. The molecule has 1 heterocycles. The van der Waals surface area contributed by atoms with E-state index in [-0.39, 0.29) is 23.5 Å². The van der Waals surface area contributed by atoms with Gasteiger partial charge in [0.15, 0.2) is 9.84 Å². The van der Waals surface area contributed by atoms with Crippen LogP contribution in [0, 0.1) is 0 Å². The van der Waals surface area contributed by atoms with Gasteiger partial charge < -0.3 is 9.64 Å². The topological polar surface area (TPSA) is 63.7 Å². The molecule has 0 aliphatic carbocycles. The third-order valence-corrected chi connectivity index (χ3v) is 7.22. The fourth-order valence-corrected chi connectivity index (χ4v) is 5.48. The van der Waals surface area contributed by atoms with Crippen LogP contribution in [-0.2, 0) is 16.4 Å². The third-order valence-electron chi connectivity index (χ3n) is 5.47. The lowest BCUT2D eigenvalue weighted by Gasteiger charge is -2.28. The van der Waals surface area contributed by atoms with Gasteiger partial charge in [0.25, 0.3) is 5.91 Å². The Morgan fingerprint density at radius 3 is 2.40 bits per heavy atom. The van der Waals surface area contributed by atoms with Crippen LogP contribution in [0.5, 0.6) is 5.75 Å². The molecule has 1 fully saturated rings. The van der Waals surface area contributed by atoms with Crippen molar-refractivity contribution in [1.82, 2.24) is 4.90 Å². The van der Waals surface area contributed by atoms with E-state index in [9.17, 15) is 13.2 Å². The number of carbonyl (C=O) groups excluding carboxylic acids is 1. The minimum atomic E-state index is -3.09. The Morgan fingerprint density at radius 1 is 1.03 bits per heavy atom. The van der Waals surface area contributed by atoms with Gasteiger partial charge in [-0.15, -0.1) is 0 Å². The Labute approximate surface area is 180 Å². The predicted octanol–water partition coefficient (Wildman–Crippen LogP) is 4.48. The van der Waals surface area contributed by atoms with E-state index in [1.807, 2.05) is 42.5 Å². The van der Waals surface area contributed by atoms with Crippen molar-refractivity contribution in [2.45, 2.75) is 51.6 Å². The lowest BCUT2D eigenvalue weighted by atomic mass is 10.1. The number of hydrogen-bond acceptors (Lipinski definition) is 4. The van der Waals surface area contributed by atoms with Crippen LogP contribution in [0.15, 0.2) is 54.6 Å². The molecule has 0 radical (unpaired) electrons. The van der Waals surface area contributed by atoms with E-state index in [1.165, 1.54) is 12.8 Å². The fraction of sp³-hybridized carbons (Fsp3) is 0.458. The lowest BCUT2D eigenvalue weighted by molar-refractivity contribution is 0.0681. The van der Waals surface area contributed by atoms with Gasteiger partial charge in [0, 0.05) is 18.2 Å². The number of nitrogens with zero attached hydrogens (tertiary/aromatic N) is 1. The largest absolute Gasteiger partial charge is 0.494 e. The molecule has 5 nitrogen and oxygen atoms in total. The summed E-state index contributed by atoms with van der Waals surface area (Å²) in [4.78, 5) is 15.0. The zero-order valence-corrected chi connectivity index (χ0v) is 18.4. The molecular formula is C24H31NO4S. The first-order chi connectivity index (χ1) is 14.5. The molecule has 0 N–H and O–H groups in total.